The molecule has 0 aliphatic carbocycles. The van der Waals surface area contributed by atoms with Crippen molar-refractivity contribution in [3.63, 3.8) is 0 Å². The maximum Gasteiger partial charge on any atom is 0.147 e. The predicted octanol–water partition coefficient (Wildman–Crippen LogP) is 2.74. The van der Waals surface area contributed by atoms with Crippen molar-refractivity contribution in [1.29, 1.82) is 0 Å². The lowest BCUT2D eigenvalue weighted by Crippen LogP contribution is -2.39. The van der Waals surface area contributed by atoms with Crippen molar-refractivity contribution in [3.8, 4) is 0 Å². The number of nitrogens with zero attached hydrogens (tertiary/aromatic N) is 1. The van der Waals surface area contributed by atoms with Crippen molar-refractivity contribution < 1.29 is 9.50 Å². The standard InChI is InChI=1S/C11H13FINO/c12-9-7-8(13)4-5-10(9)14-6-2-1-3-11(14)15/h4-5,7,11,15H,1-3,6H2. The third-order valence-electron chi connectivity index (χ3n) is 2.69. The highest BCUT2D eigenvalue weighted by molar-refractivity contribution is 14.1. The number of benzene rings is 1. The highest BCUT2D eigenvalue weighted by atomic mass is 127. The molecular formula is C11H13FINO. The molecule has 15 heavy (non-hydrogen) atoms. The fraction of sp³-hybridized carbons (Fsp3) is 0.455. The maximum absolute atomic E-state index is 13.7. The van der Waals surface area contributed by atoms with Crippen LogP contribution in [0.15, 0.2) is 18.2 Å². The van der Waals surface area contributed by atoms with E-state index >= 15 is 0 Å². The van der Waals surface area contributed by atoms with Crippen LogP contribution in [0.1, 0.15) is 19.3 Å². The highest BCUT2D eigenvalue weighted by Crippen LogP contribution is 2.27. The molecule has 1 aromatic rings. The van der Waals surface area contributed by atoms with Crippen LogP contribution in [0.4, 0.5) is 10.1 Å². The molecule has 0 amide bonds. The molecule has 1 N–H and O–H groups in total. The minimum absolute atomic E-state index is 0.247. The van der Waals surface area contributed by atoms with Crippen LogP contribution in [0.5, 0.6) is 0 Å². The SMILES string of the molecule is OC1CCCCN1c1ccc(I)cc1F. The molecule has 1 fully saturated rings. The summed E-state index contributed by atoms with van der Waals surface area (Å²) in [5.74, 6) is -0.247. The van der Waals surface area contributed by atoms with Crippen LogP contribution in [0.2, 0.25) is 0 Å². The fourth-order valence-corrected chi connectivity index (χ4v) is 2.36. The van der Waals surface area contributed by atoms with Crippen molar-refractivity contribution in [2.75, 3.05) is 11.4 Å². The summed E-state index contributed by atoms with van der Waals surface area (Å²) >= 11 is 2.08. The van der Waals surface area contributed by atoms with E-state index in [2.05, 4.69) is 22.6 Å². The third kappa shape index (κ3) is 2.42. The quantitative estimate of drug-likeness (QED) is 0.804. The van der Waals surface area contributed by atoms with E-state index in [1.165, 1.54) is 6.07 Å². The first-order valence-corrected chi connectivity index (χ1v) is 6.16. The smallest absolute Gasteiger partial charge is 0.147 e. The van der Waals surface area contributed by atoms with Crippen LogP contribution in [-0.2, 0) is 0 Å². The van der Waals surface area contributed by atoms with Crippen LogP contribution in [0, 0.1) is 9.39 Å². The summed E-state index contributed by atoms with van der Waals surface area (Å²) < 4.78 is 14.5. The van der Waals surface area contributed by atoms with Gasteiger partial charge in [-0.15, -0.1) is 0 Å². The first-order valence-electron chi connectivity index (χ1n) is 5.08. The van der Waals surface area contributed by atoms with Gasteiger partial charge in [0.2, 0.25) is 0 Å². The lowest BCUT2D eigenvalue weighted by molar-refractivity contribution is 0.139. The summed E-state index contributed by atoms with van der Waals surface area (Å²) in [7, 11) is 0. The first kappa shape index (κ1) is 11.1. The average molecular weight is 321 g/mol. The van der Waals surface area contributed by atoms with Crippen LogP contribution in [-0.4, -0.2) is 17.9 Å². The van der Waals surface area contributed by atoms with Crippen LogP contribution in [0.25, 0.3) is 0 Å². The van der Waals surface area contributed by atoms with E-state index in [1.807, 2.05) is 6.07 Å². The maximum atomic E-state index is 13.7. The summed E-state index contributed by atoms with van der Waals surface area (Å²) in [4.78, 5) is 1.74. The van der Waals surface area contributed by atoms with Gasteiger partial charge in [0.1, 0.15) is 12.0 Å². The Morgan fingerprint density at radius 1 is 1.40 bits per heavy atom. The molecule has 82 valence electrons. The molecule has 1 aliphatic heterocycles. The van der Waals surface area contributed by atoms with E-state index in [1.54, 1.807) is 11.0 Å². The van der Waals surface area contributed by atoms with Gasteiger partial charge in [0.15, 0.2) is 0 Å². The van der Waals surface area contributed by atoms with Crippen LogP contribution < -0.4 is 4.90 Å². The zero-order chi connectivity index (χ0) is 10.8. The van der Waals surface area contributed by atoms with Gasteiger partial charge in [-0.3, -0.25) is 0 Å². The first-order chi connectivity index (χ1) is 7.18. The van der Waals surface area contributed by atoms with Gasteiger partial charge in [-0.2, -0.15) is 0 Å². The third-order valence-corrected chi connectivity index (χ3v) is 3.36. The van der Waals surface area contributed by atoms with E-state index in [9.17, 15) is 9.50 Å². The Kier molecular flexibility index (Phi) is 3.45. The number of anilines is 1. The van der Waals surface area contributed by atoms with Crippen LogP contribution in [0.3, 0.4) is 0 Å². The number of halogens is 2. The Morgan fingerprint density at radius 3 is 2.87 bits per heavy atom. The number of aliphatic hydroxyl groups is 1. The molecule has 1 aromatic carbocycles. The second-order valence-corrected chi connectivity index (χ2v) is 5.01. The molecule has 2 nitrogen and oxygen atoms in total. The van der Waals surface area contributed by atoms with Gasteiger partial charge in [-0.05, 0) is 60.1 Å². The summed E-state index contributed by atoms with van der Waals surface area (Å²) in [6.45, 7) is 0.735. The normalized spacial score (nSPS) is 21.8. The number of aliphatic hydroxyl groups excluding tert-OH is 1. The van der Waals surface area contributed by atoms with Crippen molar-refractivity contribution >= 4 is 28.3 Å². The number of hydrogen-bond donors (Lipinski definition) is 1. The Morgan fingerprint density at radius 2 is 2.20 bits per heavy atom. The summed E-state index contributed by atoms with van der Waals surface area (Å²) in [6, 6.07) is 5.10. The molecule has 0 radical (unpaired) electrons. The average Bonchev–Trinajstić information content (AvgIpc) is 2.20. The summed E-state index contributed by atoms with van der Waals surface area (Å²) in [5.41, 5.74) is 0.516. The Balaban J connectivity index is 2.27. The van der Waals surface area contributed by atoms with Gasteiger partial charge in [0, 0.05) is 10.1 Å². The molecule has 1 atom stereocenters. The van der Waals surface area contributed by atoms with Gasteiger partial charge >= 0.3 is 0 Å². The molecule has 1 unspecified atom stereocenters. The molecule has 0 saturated carbocycles. The molecule has 2 rings (SSSR count). The number of piperidine rings is 1. The number of rotatable bonds is 1. The van der Waals surface area contributed by atoms with E-state index in [0.29, 0.717) is 5.69 Å². The molecular weight excluding hydrogens is 308 g/mol. The predicted molar refractivity (Wildman–Crippen MR) is 66.3 cm³/mol. The highest BCUT2D eigenvalue weighted by Gasteiger charge is 2.22. The molecule has 1 saturated heterocycles. The second-order valence-electron chi connectivity index (χ2n) is 3.77. The monoisotopic (exact) mass is 321 g/mol. The van der Waals surface area contributed by atoms with E-state index in [4.69, 9.17) is 0 Å². The molecule has 0 aromatic heterocycles. The fourth-order valence-electron chi connectivity index (χ4n) is 1.91. The zero-order valence-electron chi connectivity index (χ0n) is 8.29. The molecule has 4 heteroatoms. The lowest BCUT2D eigenvalue weighted by atomic mass is 10.1. The Bertz CT molecular complexity index is 358. The largest absolute Gasteiger partial charge is 0.374 e. The van der Waals surface area contributed by atoms with Gasteiger partial charge in [0.05, 0.1) is 5.69 Å². The van der Waals surface area contributed by atoms with Gasteiger partial charge in [0.25, 0.3) is 0 Å². The molecule has 0 bridgehead atoms. The summed E-state index contributed by atoms with van der Waals surface area (Å²) in [6.07, 6.45) is 2.23. The number of hydrogen-bond acceptors (Lipinski definition) is 2. The zero-order valence-corrected chi connectivity index (χ0v) is 10.4. The minimum Gasteiger partial charge on any atom is -0.374 e. The van der Waals surface area contributed by atoms with Crippen molar-refractivity contribution in [3.05, 3.63) is 27.6 Å². The Labute approximate surface area is 102 Å². The van der Waals surface area contributed by atoms with Crippen molar-refractivity contribution in [2.24, 2.45) is 0 Å². The lowest BCUT2D eigenvalue weighted by Gasteiger charge is -2.34. The van der Waals surface area contributed by atoms with Gasteiger partial charge in [-0.25, -0.2) is 4.39 Å². The van der Waals surface area contributed by atoms with Crippen molar-refractivity contribution in [1.82, 2.24) is 0 Å². The van der Waals surface area contributed by atoms with E-state index < -0.39 is 6.23 Å². The summed E-state index contributed by atoms with van der Waals surface area (Å²) in [5, 5.41) is 9.77. The molecule has 1 aliphatic rings. The molecule has 1 heterocycles. The second kappa shape index (κ2) is 4.65. The topological polar surface area (TPSA) is 23.5 Å². The minimum atomic E-state index is -0.534. The van der Waals surface area contributed by atoms with E-state index in [0.717, 1.165) is 29.4 Å². The van der Waals surface area contributed by atoms with E-state index in [-0.39, 0.29) is 5.82 Å². The molecule has 0 spiro atoms. The van der Waals surface area contributed by atoms with Crippen molar-refractivity contribution in [2.45, 2.75) is 25.5 Å². The van der Waals surface area contributed by atoms with Gasteiger partial charge in [-0.1, -0.05) is 0 Å². The van der Waals surface area contributed by atoms with Crippen LogP contribution >= 0.6 is 22.6 Å². The Hall–Kier alpha value is -0.360. The van der Waals surface area contributed by atoms with Gasteiger partial charge < -0.3 is 10.0 Å².